The van der Waals surface area contributed by atoms with Crippen LogP contribution in [0.1, 0.15) is 28.9 Å². The lowest BCUT2D eigenvalue weighted by Gasteiger charge is -2.26. The van der Waals surface area contributed by atoms with Gasteiger partial charge in [-0.2, -0.15) is 0 Å². The Hall–Kier alpha value is -2.30. The molecule has 2 aromatic carbocycles. The number of halogens is 3. The van der Waals surface area contributed by atoms with Crippen LogP contribution in [-0.4, -0.2) is 17.9 Å². The van der Waals surface area contributed by atoms with E-state index in [1.807, 2.05) is 0 Å². The largest absolute Gasteiger partial charge is 0.335 e. The van der Waals surface area contributed by atoms with E-state index in [4.69, 9.17) is 0 Å². The van der Waals surface area contributed by atoms with Gasteiger partial charge < -0.3 is 4.90 Å². The highest BCUT2D eigenvalue weighted by atomic mass is 19.1. The molecule has 1 atom stereocenters. The second-order valence-corrected chi connectivity index (χ2v) is 4.74. The van der Waals surface area contributed by atoms with Crippen LogP contribution < -0.4 is 0 Å². The van der Waals surface area contributed by atoms with Crippen LogP contribution >= 0.6 is 0 Å². The van der Waals surface area contributed by atoms with Gasteiger partial charge in [0.15, 0.2) is 0 Å². The molecule has 5 heteroatoms. The van der Waals surface area contributed by atoms with Crippen molar-refractivity contribution < 1.29 is 18.0 Å². The second-order valence-electron chi connectivity index (χ2n) is 4.74. The zero-order chi connectivity index (χ0) is 15.6. The zero-order valence-electron chi connectivity index (χ0n) is 11.6. The van der Waals surface area contributed by atoms with Crippen molar-refractivity contribution in [3.8, 4) is 0 Å². The van der Waals surface area contributed by atoms with E-state index in [2.05, 4.69) is 0 Å². The predicted octanol–water partition coefficient (Wildman–Crippen LogP) is 3.94. The Bertz CT molecular complexity index is 672. The Morgan fingerprint density at radius 1 is 1.05 bits per heavy atom. The molecule has 1 amide bonds. The van der Waals surface area contributed by atoms with Gasteiger partial charge in [-0.15, -0.1) is 0 Å². The average Bonchev–Trinajstić information content (AvgIpc) is 2.48. The lowest BCUT2D eigenvalue weighted by atomic mass is 10.1. The summed E-state index contributed by atoms with van der Waals surface area (Å²) in [4.78, 5) is 13.4. The number of carbonyl (C=O) groups excluding carboxylic acids is 1. The molecule has 2 nitrogen and oxygen atoms in total. The molecule has 0 heterocycles. The van der Waals surface area contributed by atoms with Crippen molar-refractivity contribution in [1.29, 1.82) is 0 Å². The standard InChI is InChI=1S/C16H14F3NO/c1-10(13-9-11(17)7-8-15(13)19)20(2)16(21)12-5-3-4-6-14(12)18/h3-10H,1-2H3. The van der Waals surface area contributed by atoms with Crippen molar-refractivity contribution in [1.82, 2.24) is 4.90 Å². The quantitative estimate of drug-likeness (QED) is 0.839. The van der Waals surface area contributed by atoms with Crippen LogP contribution in [0.15, 0.2) is 42.5 Å². The minimum atomic E-state index is -0.729. The third-order valence-corrected chi connectivity index (χ3v) is 3.41. The molecule has 0 saturated carbocycles. The Morgan fingerprint density at radius 2 is 1.71 bits per heavy atom. The van der Waals surface area contributed by atoms with Crippen molar-refractivity contribution in [2.24, 2.45) is 0 Å². The van der Waals surface area contributed by atoms with Gasteiger partial charge in [0.05, 0.1) is 11.6 Å². The van der Waals surface area contributed by atoms with Gasteiger partial charge >= 0.3 is 0 Å². The summed E-state index contributed by atoms with van der Waals surface area (Å²) in [6.07, 6.45) is 0. The van der Waals surface area contributed by atoms with Gasteiger partial charge in [-0.1, -0.05) is 12.1 Å². The van der Waals surface area contributed by atoms with Gasteiger partial charge in [0.1, 0.15) is 17.5 Å². The van der Waals surface area contributed by atoms with Crippen molar-refractivity contribution >= 4 is 5.91 Å². The highest BCUT2D eigenvalue weighted by Crippen LogP contribution is 2.24. The maximum Gasteiger partial charge on any atom is 0.257 e. The SMILES string of the molecule is CC(c1cc(F)ccc1F)N(C)C(=O)c1ccccc1F. The fraction of sp³-hybridized carbons (Fsp3) is 0.188. The minimum Gasteiger partial charge on any atom is -0.335 e. The number of amides is 1. The summed E-state index contributed by atoms with van der Waals surface area (Å²) in [7, 11) is 1.42. The van der Waals surface area contributed by atoms with Crippen LogP contribution in [0.2, 0.25) is 0 Å². The highest BCUT2D eigenvalue weighted by Gasteiger charge is 2.23. The summed E-state index contributed by atoms with van der Waals surface area (Å²) in [6.45, 7) is 1.55. The number of nitrogens with zero attached hydrogens (tertiary/aromatic N) is 1. The summed E-state index contributed by atoms with van der Waals surface area (Å²) >= 11 is 0. The molecule has 0 aliphatic carbocycles. The Labute approximate surface area is 120 Å². The van der Waals surface area contributed by atoms with Crippen LogP contribution in [0.4, 0.5) is 13.2 Å². The Kier molecular flexibility index (Phi) is 4.31. The first-order chi connectivity index (χ1) is 9.91. The fourth-order valence-electron chi connectivity index (χ4n) is 2.04. The summed E-state index contributed by atoms with van der Waals surface area (Å²) in [5, 5.41) is 0. The van der Waals surface area contributed by atoms with Crippen molar-refractivity contribution in [2.75, 3.05) is 7.05 Å². The molecule has 2 rings (SSSR count). The number of benzene rings is 2. The molecule has 21 heavy (non-hydrogen) atoms. The molecule has 0 saturated heterocycles. The number of hydrogen-bond donors (Lipinski definition) is 0. The van der Waals surface area contributed by atoms with Gasteiger partial charge in [0.2, 0.25) is 0 Å². The third kappa shape index (κ3) is 3.07. The molecule has 0 N–H and O–H groups in total. The molecule has 1 unspecified atom stereocenters. The summed E-state index contributed by atoms with van der Waals surface area (Å²) < 4.78 is 40.6. The summed E-state index contributed by atoms with van der Waals surface area (Å²) in [5.74, 6) is -2.45. The first kappa shape index (κ1) is 15.1. The second kappa shape index (κ2) is 5.99. The summed E-state index contributed by atoms with van der Waals surface area (Å²) in [5.41, 5.74) is -0.0640. The summed E-state index contributed by atoms with van der Waals surface area (Å²) in [6, 6.07) is 7.85. The molecule has 0 fully saturated rings. The molecule has 0 aliphatic heterocycles. The van der Waals surface area contributed by atoms with Gasteiger partial charge in [-0.25, -0.2) is 13.2 Å². The third-order valence-electron chi connectivity index (χ3n) is 3.41. The van der Waals surface area contributed by atoms with Crippen molar-refractivity contribution in [3.63, 3.8) is 0 Å². The predicted molar refractivity (Wildman–Crippen MR) is 73.3 cm³/mol. The smallest absolute Gasteiger partial charge is 0.257 e. The molecular formula is C16H14F3NO. The van der Waals surface area contributed by atoms with Gasteiger partial charge in [-0.3, -0.25) is 4.79 Å². The van der Waals surface area contributed by atoms with E-state index in [9.17, 15) is 18.0 Å². The van der Waals surface area contributed by atoms with Crippen LogP contribution in [0.3, 0.4) is 0 Å². The molecule has 2 aromatic rings. The number of carbonyl (C=O) groups is 1. The topological polar surface area (TPSA) is 20.3 Å². The van der Waals surface area contributed by atoms with E-state index in [1.165, 1.54) is 36.2 Å². The highest BCUT2D eigenvalue weighted by molar-refractivity contribution is 5.94. The molecular weight excluding hydrogens is 279 g/mol. The number of rotatable bonds is 3. The normalized spacial score (nSPS) is 12.0. The first-order valence-corrected chi connectivity index (χ1v) is 6.38. The van der Waals surface area contributed by atoms with E-state index in [-0.39, 0.29) is 11.1 Å². The van der Waals surface area contributed by atoms with E-state index in [1.54, 1.807) is 6.92 Å². The van der Waals surface area contributed by atoms with E-state index in [0.717, 1.165) is 18.2 Å². The lowest BCUT2D eigenvalue weighted by molar-refractivity contribution is 0.0735. The lowest BCUT2D eigenvalue weighted by Crippen LogP contribution is -2.30. The maximum absolute atomic E-state index is 13.7. The molecule has 0 aliphatic rings. The van der Waals surface area contributed by atoms with Crippen molar-refractivity contribution in [3.05, 3.63) is 71.0 Å². The average molecular weight is 293 g/mol. The van der Waals surface area contributed by atoms with Gasteiger partial charge in [-0.05, 0) is 37.3 Å². The first-order valence-electron chi connectivity index (χ1n) is 6.38. The van der Waals surface area contributed by atoms with Gasteiger partial charge in [0, 0.05) is 12.6 Å². The Balaban J connectivity index is 2.31. The molecule has 0 radical (unpaired) electrons. The molecule has 0 spiro atoms. The monoisotopic (exact) mass is 293 g/mol. The number of hydrogen-bond acceptors (Lipinski definition) is 1. The van der Waals surface area contributed by atoms with Crippen molar-refractivity contribution in [2.45, 2.75) is 13.0 Å². The van der Waals surface area contributed by atoms with E-state index < -0.39 is 29.4 Å². The molecule has 110 valence electrons. The van der Waals surface area contributed by atoms with Crippen LogP contribution in [0.5, 0.6) is 0 Å². The van der Waals surface area contributed by atoms with Crippen LogP contribution in [0.25, 0.3) is 0 Å². The fourth-order valence-corrected chi connectivity index (χ4v) is 2.04. The minimum absolute atomic E-state index is 0.0437. The van der Waals surface area contributed by atoms with E-state index >= 15 is 0 Å². The zero-order valence-corrected chi connectivity index (χ0v) is 11.6. The van der Waals surface area contributed by atoms with Crippen LogP contribution in [-0.2, 0) is 0 Å². The van der Waals surface area contributed by atoms with Gasteiger partial charge in [0.25, 0.3) is 5.91 Å². The van der Waals surface area contributed by atoms with Crippen LogP contribution in [0, 0.1) is 17.5 Å². The molecule has 0 bridgehead atoms. The maximum atomic E-state index is 13.7. The molecule has 0 aromatic heterocycles. The van der Waals surface area contributed by atoms with E-state index in [0.29, 0.717) is 0 Å². The Morgan fingerprint density at radius 3 is 2.38 bits per heavy atom.